The van der Waals surface area contributed by atoms with Crippen molar-refractivity contribution in [3.05, 3.63) is 76.9 Å². The normalized spacial score (nSPS) is 14.5. The van der Waals surface area contributed by atoms with E-state index >= 15 is 0 Å². The minimum Gasteiger partial charge on any atom is -0.495 e. The molecule has 174 valence electrons. The first-order chi connectivity index (χ1) is 16.3. The van der Waals surface area contributed by atoms with Crippen LogP contribution in [0.2, 0.25) is 0 Å². The summed E-state index contributed by atoms with van der Waals surface area (Å²) in [6.45, 7) is 5.41. The molecule has 9 heteroatoms. The summed E-state index contributed by atoms with van der Waals surface area (Å²) in [5.74, 6) is 0.157. The Labute approximate surface area is 197 Å². The van der Waals surface area contributed by atoms with Crippen molar-refractivity contribution < 1.29 is 19.1 Å². The minimum atomic E-state index is -0.652. The fraction of sp³-hybridized carbons (Fsp3) is 0.200. The van der Waals surface area contributed by atoms with E-state index in [4.69, 9.17) is 4.74 Å². The number of methoxy groups -OCH3 is 1. The van der Waals surface area contributed by atoms with Crippen molar-refractivity contribution in [2.24, 2.45) is 0 Å². The van der Waals surface area contributed by atoms with Crippen molar-refractivity contribution in [1.29, 1.82) is 0 Å². The third kappa shape index (κ3) is 4.40. The number of urea groups is 1. The topological polar surface area (TPSA) is 106 Å². The number of anilines is 1. The van der Waals surface area contributed by atoms with Crippen LogP contribution in [-0.4, -0.2) is 46.0 Å². The molecule has 0 atom stereocenters. The molecule has 2 N–H and O–H groups in total. The Morgan fingerprint density at radius 3 is 2.62 bits per heavy atom. The summed E-state index contributed by atoms with van der Waals surface area (Å²) in [5.41, 5.74) is 4.19. The molecule has 1 aliphatic heterocycles. The Bertz CT molecular complexity index is 1310. The number of aromatic nitrogens is 2. The number of hydrogen-bond donors (Lipinski definition) is 2. The zero-order valence-corrected chi connectivity index (χ0v) is 19.4. The number of para-hydroxylation sites is 2. The fourth-order valence-electron chi connectivity index (χ4n) is 3.83. The first-order valence-electron chi connectivity index (χ1n) is 10.7. The molecule has 1 saturated heterocycles. The van der Waals surface area contributed by atoms with E-state index < -0.39 is 24.4 Å². The summed E-state index contributed by atoms with van der Waals surface area (Å²) in [7, 11) is 1.49. The van der Waals surface area contributed by atoms with Gasteiger partial charge in [0, 0.05) is 17.6 Å². The predicted molar refractivity (Wildman–Crippen MR) is 128 cm³/mol. The molecule has 3 heterocycles. The van der Waals surface area contributed by atoms with Gasteiger partial charge in [-0.05, 0) is 62.2 Å². The fourth-order valence-corrected chi connectivity index (χ4v) is 3.83. The number of ether oxygens (including phenoxy) is 1. The van der Waals surface area contributed by atoms with Crippen molar-refractivity contribution >= 4 is 29.6 Å². The van der Waals surface area contributed by atoms with Gasteiger partial charge in [-0.25, -0.2) is 14.7 Å². The smallest absolute Gasteiger partial charge is 0.329 e. The number of carbonyl (C=O) groups excluding carboxylic acids is 3. The lowest BCUT2D eigenvalue weighted by atomic mass is 10.2. The van der Waals surface area contributed by atoms with Gasteiger partial charge < -0.3 is 19.9 Å². The van der Waals surface area contributed by atoms with Crippen LogP contribution in [0.3, 0.4) is 0 Å². The van der Waals surface area contributed by atoms with Gasteiger partial charge in [-0.1, -0.05) is 18.2 Å². The molecule has 9 nitrogen and oxygen atoms in total. The molecular weight excluding hydrogens is 434 g/mol. The number of hydrogen-bond acceptors (Lipinski definition) is 5. The molecule has 0 bridgehead atoms. The Kier molecular flexibility index (Phi) is 6.18. The van der Waals surface area contributed by atoms with Crippen LogP contribution in [0.25, 0.3) is 11.9 Å². The van der Waals surface area contributed by atoms with E-state index in [-0.39, 0.29) is 5.70 Å². The molecule has 4 rings (SSSR count). The Morgan fingerprint density at radius 1 is 1.15 bits per heavy atom. The molecule has 0 spiro atoms. The lowest BCUT2D eigenvalue weighted by Gasteiger charge is -2.13. The van der Waals surface area contributed by atoms with Crippen LogP contribution in [-0.2, 0) is 9.59 Å². The molecular formula is C25H25N5O4. The van der Waals surface area contributed by atoms with Gasteiger partial charge in [-0.2, -0.15) is 0 Å². The van der Waals surface area contributed by atoms with E-state index in [1.165, 1.54) is 7.11 Å². The number of nitrogens with one attached hydrogen (secondary N) is 2. The summed E-state index contributed by atoms with van der Waals surface area (Å²) >= 11 is 0. The average Bonchev–Trinajstić information content (AvgIpc) is 3.24. The Balaban J connectivity index is 1.53. The van der Waals surface area contributed by atoms with Gasteiger partial charge >= 0.3 is 6.03 Å². The highest BCUT2D eigenvalue weighted by atomic mass is 16.5. The molecule has 1 fully saturated rings. The van der Waals surface area contributed by atoms with E-state index in [1.807, 2.05) is 43.5 Å². The van der Waals surface area contributed by atoms with Gasteiger partial charge in [0.25, 0.3) is 5.91 Å². The van der Waals surface area contributed by atoms with Crippen LogP contribution >= 0.6 is 0 Å². The largest absolute Gasteiger partial charge is 0.495 e. The molecule has 0 radical (unpaired) electrons. The second kappa shape index (κ2) is 9.22. The monoisotopic (exact) mass is 459 g/mol. The lowest BCUT2D eigenvalue weighted by Crippen LogP contribution is -2.38. The van der Waals surface area contributed by atoms with E-state index in [9.17, 15) is 14.4 Å². The highest BCUT2D eigenvalue weighted by Gasteiger charge is 2.35. The first-order valence-corrected chi connectivity index (χ1v) is 10.7. The second-order valence-corrected chi connectivity index (χ2v) is 7.98. The zero-order chi connectivity index (χ0) is 24.4. The number of aryl methyl sites for hydroxylation is 2. The summed E-state index contributed by atoms with van der Waals surface area (Å²) < 4.78 is 7.19. The van der Waals surface area contributed by atoms with Gasteiger partial charge in [0.2, 0.25) is 5.91 Å². The number of carbonyl (C=O) groups is 3. The van der Waals surface area contributed by atoms with E-state index in [2.05, 4.69) is 15.6 Å². The highest BCUT2D eigenvalue weighted by molar-refractivity contribution is 6.16. The maximum atomic E-state index is 12.9. The molecule has 2 aromatic heterocycles. The van der Waals surface area contributed by atoms with Gasteiger partial charge in [0.05, 0.1) is 12.8 Å². The van der Waals surface area contributed by atoms with Gasteiger partial charge in [-0.3, -0.25) is 9.59 Å². The SMILES string of the molecule is COc1ccccc1NC(=O)CN1C(=O)N/C(=C/c2cc(C)n(-c3ccc(C)cn3)c2C)C1=O. The van der Waals surface area contributed by atoms with E-state index in [1.54, 1.807) is 36.5 Å². The van der Waals surface area contributed by atoms with Gasteiger partial charge in [-0.15, -0.1) is 0 Å². The van der Waals surface area contributed by atoms with E-state index in [0.29, 0.717) is 11.4 Å². The molecule has 0 aliphatic carbocycles. The number of rotatable bonds is 6. The van der Waals surface area contributed by atoms with Crippen LogP contribution in [0.15, 0.2) is 54.4 Å². The molecule has 34 heavy (non-hydrogen) atoms. The van der Waals surface area contributed by atoms with Gasteiger partial charge in [0.1, 0.15) is 23.8 Å². The van der Waals surface area contributed by atoms with Crippen molar-refractivity contribution in [3.63, 3.8) is 0 Å². The van der Waals surface area contributed by atoms with Crippen LogP contribution in [0.4, 0.5) is 10.5 Å². The number of pyridine rings is 1. The third-order valence-electron chi connectivity index (χ3n) is 5.54. The number of benzene rings is 1. The zero-order valence-electron chi connectivity index (χ0n) is 19.4. The standard InChI is InChI=1S/C25H25N5O4/c1-15-9-10-22(26-13-15)30-16(2)11-18(17(30)3)12-20-24(32)29(25(33)28-20)14-23(31)27-19-7-5-6-8-21(19)34-4/h5-13H,14H2,1-4H3,(H,27,31)(H,28,33)/b20-12+. The number of nitrogens with zero attached hydrogens (tertiary/aromatic N) is 3. The first kappa shape index (κ1) is 22.8. The molecule has 0 saturated carbocycles. The molecule has 0 unspecified atom stereocenters. The summed E-state index contributed by atoms with van der Waals surface area (Å²) in [6.07, 6.45) is 3.41. The van der Waals surface area contributed by atoms with Crippen LogP contribution in [0, 0.1) is 20.8 Å². The Hall–Kier alpha value is -4.40. The highest BCUT2D eigenvalue weighted by Crippen LogP contribution is 2.25. The van der Waals surface area contributed by atoms with Crippen LogP contribution < -0.4 is 15.4 Å². The van der Waals surface area contributed by atoms with Crippen LogP contribution in [0.5, 0.6) is 5.75 Å². The van der Waals surface area contributed by atoms with E-state index in [0.717, 1.165) is 33.2 Å². The minimum absolute atomic E-state index is 0.104. The maximum absolute atomic E-state index is 12.9. The number of imide groups is 1. The van der Waals surface area contributed by atoms with Crippen molar-refractivity contribution in [2.75, 3.05) is 19.0 Å². The summed E-state index contributed by atoms with van der Waals surface area (Å²) in [6, 6.07) is 12.1. The summed E-state index contributed by atoms with van der Waals surface area (Å²) in [5, 5.41) is 5.23. The third-order valence-corrected chi connectivity index (χ3v) is 5.54. The molecule has 4 amide bonds. The van der Waals surface area contributed by atoms with Gasteiger partial charge in [0.15, 0.2) is 0 Å². The Morgan fingerprint density at radius 2 is 1.91 bits per heavy atom. The molecule has 1 aromatic carbocycles. The molecule has 3 aromatic rings. The lowest BCUT2D eigenvalue weighted by molar-refractivity contribution is -0.127. The second-order valence-electron chi connectivity index (χ2n) is 7.98. The predicted octanol–water partition coefficient (Wildman–Crippen LogP) is 3.34. The van der Waals surface area contributed by atoms with Crippen molar-refractivity contribution in [1.82, 2.24) is 19.8 Å². The molecule has 1 aliphatic rings. The van der Waals surface area contributed by atoms with Crippen molar-refractivity contribution in [2.45, 2.75) is 20.8 Å². The maximum Gasteiger partial charge on any atom is 0.329 e. The summed E-state index contributed by atoms with van der Waals surface area (Å²) in [4.78, 5) is 43.2. The van der Waals surface area contributed by atoms with Crippen molar-refractivity contribution in [3.8, 4) is 11.6 Å². The number of amides is 4. The van der Waals surface area contributed by atoms with Crippen LogP contribution in [0.1, 0.15) is 22.5 Å². The average molecular weight is 460 g/mol. The quantitative estimate of drug-likeness (QED) is 0.435.